The molecule has 1 aromatic carbocycles. The lowest BCUT2D eigenvalue weighted by Gasteiger charge is -2.34. The lowest BCUT2D eigenvalue weighted by Crippen LogP contribution is -2.54. The Morgan fingerprint density at radius 3 is 2.18 bits per heavy atom. The summed E-state index contributed by atoms with van der Waals surface area (Å²) in [5.41, 5.74) is 0.166. The summed E-state index contributed by atoms with van der Waals surface area (Å²) in [5, 5.41) is 23.8. The number of ether oxygens (including phenoxy) is 1. The number of nitrogens with one attached hydrogen (secondary N) is 2. The smallest absolute Gasteiger partial charge is 0.408 e. The Morgan fingerprint density at radius 1 is 1.09 bits per heavy atom. The van der Waals surface area contributed by atoms with Crippen LogP contribution in [0.2, 0.25) is 0 Å². The van der Waals surface area contributed by atoms with E-state index in [9.17, 15) is 24.3 Å². The number of amides is 3. The highest BCUT2D eigenvalue weighted by molar-refractivity contribution is 5.87. The molecule has 1 fully saturated rings. The predicted octanol–water partition coefficient (Wildman–Crippen LogP) is 1.31. The van der Waals surface area contributed by atoms with Crippen molar-refractivity contribution in [1.29, 1.82) is 0 Å². The molecule has 2 rings (SSSR count). The number of aliphatic hydroxyl groups excluding tert-OH is 1. The van der Waals surface area contributed by atoms with E-state index >= 15 is 0 Å². The Hall–Kier alpha value is -3.14. The van der Waals surface area contributed by atoms with Crippen molar-refractivity contribution < 1.29 is 34.1 Å². The summed E-state index contributed by atoms with van der Waals surface area (Å²) in [5.74, 6) is -2.53. The lowest BCUT2D eigenvalue weighted by atomic mass is 9.94. The zero-order chi connectivity index (χ0) is 25.5. The molecular formula is C24H35N3O7. The van der Waals surface area contributed by atoms with Gasteiger partial charge in [-0.25, -0.2) is 9.59 Å². The standard InChI is InChI=1S/C24H35N3O7/c1-15(28)19(22(31)32)26-20(29)17-10-12-27(13-11-17)21(30)18(14-16-8-6-5-7-9-16)25-23(33)34-24(2,3)4/h5-9,15,17-19,28H,10-14H2,1-4H3,(H,25,33)(H,26,29)(H,31,32)/t15-,18-,19-/m0/s1. The molecule has 1 aromatic rings. The summed E-state index contributed by atoms with van der Waals surface area (Å²) in [7, 11) is 0. The van der Waals surface area contributed by atoms with Crippen LogP contribution in [0.1, 0.15) is 46.1 Å². The van der Waals surface area contributed by atoms with Crippen LogP contribution >= 0.6 is 0 Å². The number of hydrogen-bond acceptors (Lipinski definition) is 6. The van der Waals surface area contributed by atoms with Gasteiger partial charge in [-0.15, -0.1) is 0 Å². The fourth-order valence-corrected chi connectivity index (χ4v) is 3.74. The van der Waals surface area contributed by atoms with Gasteiger partial charge in [0.05, 0.1) is 6.10 Å². The number of carboxylic acids is 1. The van der Waals surface area contributed by atoms with Gasteiger partial charge in [0.2, 0.25) is 11.8 Å². The third-order valence-electron chi connectivity index (χ3n) is 5.50. The molecule has 188 valence electrons. The monoisotopic (exact) mass is 477 g/mol. The van der Waals surface area contributed by atoms with Gasteiger partial charge in [0.1, 0.15) is 11.6 Å². The Balaban J connectivity index is 2.02. The highest BCUT2D eigenvalue weighted by Gasteiger charge is 2.34. The zero-order valence-corrected chi connectivity index (χ0v) is 20.1. The van der Waals surface area contributed by atoms with Crippen LogP contribution in [-0.2, 0) is 25.5 Å². The first-order valence-electron chi connectivity index (χ1n) is 11.4. The summed E-state index contributed by atoms with van der Waals surface area (Å²) in [4.78, 5) is 51.0. The van der Waals surface area contributed by atoms with Gasteiger partial charge < -0.3 is 30.5 Å². The fraction of sp³-hybridized carbons (Fsp3) is 0.583. The molecule has 1 aliphatic rings. The molecular weight excluding hydrogens is 442 g/mol. The Bertz CT molecular complexity index is 859. The molecule has 10 nitrogen and oxygen atoms in total. The van der Waals surface area contributed by atoms with Gasteiger partial charge in [-0.3, -0.25) is 9.59 Å². The van der Waals surface area contributed by atoms with E-state index in [1.807, 2.05) is 30.3 Å². The second-order valence-electron chi connectivity index (χ2n) is 9.55. The van der Waals surface area contributed by atoms with Crippen molar-refractivity contribution in [2.24, 2.45) is 5.92 Å². The molecule has 0 saturated carbocycles. The van der Waals surface area contributed by atoms with Gasteiger partial charge in [-0.1, -0.05) is 30.3 Å². The van der Waals surface area contributed by atoms with E-state index in [0.717, 1.165) is 5.56 Å². The number of aliphatic hydroxyl groups is 1. The first-order valence-corrected chi connectivity index (χ1v) is 11.4. The third kappa shape index (κ3) is 8.33. The fourth-order valence-electron chi connectivity index (χ4n) is 3.74. The minimum Gasteiger partial charge on any atom is -0.480 e. The summed E-state index contributed by atoms with van der Waals surface area (Å²) in [6.45, 7) is 7.08. The number of alkyl carbamates (subject to hydrolysis) is 1. The summed E-state index contributed by atoms with van der Waals surface area (Å²) in [6.07, 6.45) is -0.953. The molecule has 10 heteroatoms. The van der Waals surface area contributed by atoms with Crippen molar-refractivity contribution in [2.75, 3.05) is 13.1 Å². The molecule has 34 heavy (non-hydrogen) atoms. The molecule has 4 N–H and O–H groups in total. The second-order valence-corrected chi connectivity index (χ2v) is 9.55. The van der Waals surface area contributed by atoms with E-state index < -0.39 is 47.7 Å². The summed E-state index contributed by atoms with van der Waals surface area (Å²) >= 11 is 0. The maximum Gasteiger partial charge on any atom is 0.408 e. The van der Waals surface area contributed by atoms with Gasteiger partial charge in [0.25, 0.3) is 0 Å². The number of rotatable bonds is 8. The Morgan fingerprint density at radius 2 is 1.68 bits per heavy atom. The highest BCUT2D eigenvalue weighted by Crippen LogP contribution is 2.20. The van der Waals surface area contributed by atoms with Gasteiger partial charge in [0.15, 0.2) is 6.04 Å². The quantitative estimate of drug-likeness (QED) is 0.442. The third-order valence-corrected chi connectivity index (χ3v) is 5.50. The van der Waals surface area contributed by atoms with Crippen LogP contribution in [0.25, 0.3) is 0 Å². The first kappa shape index (κ1) is 27.1. The molecule has 3 atom stereocenters. The van der Waals surface area contributed by atoms with Crippen LogP contribution in [-0.4, -0.2) is 75.9 Å². The average Bonchev–Trinajstić information content (AvgIpc) is 2.75. The molecule has 1 heterocycles. The van der Waals surface area contributed by atoms with Crippen molar-refractivity contribution in [3.05, 3.63) is 35.9 Å². The highest BCUT2D eigenvalue weighted by atomic mass is 16.6. The van der Waals surface area contributed by atoms with Crippen molar-refractivity contribution in [1.82, 2.24) is 15.5 Å². The van der Waals surface area contributed by atoms with Crippen molar-refractivity contribution in [2.45, 2.75) is 70.7 Å². The first-order chi connectivity index (χ1) is 15.9. The van der Waals surface area contributed by atoms with Crippen LogP contribution < -0.4 is 10.6 Å². The van der Waals surface area contributed by atoms with E-state index in [-0.39, 0.29) is 25.4 Å². The molecule has 0 radical (unpaired) electrons. The van der Waals surface area contributed by atoms with Gasteiger partial charge in [-0.2, -0.15) is 0 Å². The Labute approximate surface area is 199 Å². The zero-order valence-electron chi connectivity index (χ0n) is 20.1. The minimum atomic E-state index is -1.39. The van der Waals surface area contributed by atoms with E-state index in [1.165, 1.54) is 6.92 Å². The molecule has 3 amide bonds. The van der Waals surface area contributed by atoms with E-state index in [0.29, 0.717) is 12.8 Å². The van der Waals surface area contributed by atoms with Gasteiger partial charge in [0, 0.05) is 25.4 Å². The molecule has 0 bridgehead atoms. The topological polar surface area (TPSA) is 145 Å². The molecule has 0 spiro atoms. The SMILES string of the molecule is C[C@H](O)[C@H](NC(=O)C1CCN(C(=O)[C@H](Cc2ccccc2)NC(=O)OC(C)(C)C)CC1)C(=O)O. The van der Waals surface area contributed by atoms with Crippen LogP contribution in [0, 0.1) is 5.92 Å². The molecule has 1 saturated heterocycles. The Kier molecular flexibility index (Phi) is 9.43. The number of aliphatic carboxylic acids is 1. The summed E-state index contributed by atoms with van der Waals surface area (Å²) in [6, 6.07) is 7.08. The van der Waals surface area contributed by atoms with Gasteiger partial charge >= 0.3 is 12.1 Å². The summed E-state index contributed by atoms with van der Waals surface area (Å²) < 4.78 is 5.33. The normalized spacial score (nSPS) is 17.3. The lowest BCUT2D eigenvalue weighted by molar-refractivity contribution is -0.146. The number of piperidine rings is 1. The number of carbonyl (C=O) groups is 4. The number of carbonyl (C=O) groups excluding carboxylic acids is 3. The van der Waals surface area contributed by atoms with Crippen molar-refractivity contribution in [3.63, 3.8) is 0 Å². The van der Waals surface area contributed by atoms with Crippen LogP contribution in [0.5, 0.6) is 0 Å². The van der Waals surface area contributed by atoms with E-state index in [2.05, 4.69) is 10.6 Å². The molecule has 0 unspecified atom stereocenters. The predicted molar refractivity (Wildman–Crippen MR) is 124 cm³/mol. The van der Waals surface area contributed by atoms with E-state index in [4.69, 9.17) is 9.84 Å². The number of benzene rings is 1. The largest absolute Gasteiger partial charge is 0.480 e. The molecule has 0 aliphatic carbocycles. The average molecular weight is 478 g/mol. The number of carboxylic acid groups (broad SMARTS) is 1. The molecule has 1 aliphatic heterocycles. The number of nitrogens with zero attached hydrogens (tertiary/aromatic N) is 1. The maximum absolute atomic E-state index is 13.3. The van der Waals surface area contributed by atoms with Gasteiger partial charge in [-0.05, 0) is 46.1 Å². The number of hydrogen-bond donors (Lipinski definition) is 4. The second kappa shape index (κ2) is 11.8. The maximum atomic E-state index is 13.3. The molecule has 0 aromatic heterocycles. The van der Waals surface area contributed by atoms with Crippen LogP contribution in [0.3, 0.4) is 0 Å². The minimum absolute atomic E-state index is 0.277. The van der Waals surface area contributed by atoms with Crippen molar-refractivity contribution >= 4 is 23.9 Å². The number of likely N-dealkylation sites (tertiary alicyclic amines) is 1. The van der Waals surface area contributed by atoms with Crippen LogP contribution in [0.4, 0.5) is 4.79 Å². The van der Waals surface area contributed by atoms with Crippen molar-refractivity contribution in [3.8, 4) is 0 Å². The van der Waals surface area contributed by atoms with Crippen LogP contribution in [0.15, 0.2) is 30.3 Å². The van der Waals surface area contributed by atoms with E-state index in [1.54, 1.807) is 25.7 Å².